The van der Waals surface area contributed by atoms with Crippen molar-refractivity contribution in [1.82, 2.24) is 15.5 Å². The molecule has 1 aromatic heterocycles. The fraction of sp³-hybridized carbons (Fsp3) is 0.462. The molecule has 0 unspecified atom stereocenters. The predicted octanol–water partition coefficient (Wildman–Crippen LogP) is 1.38. The van der Waals surface area contributed by atoms with Crippen molar-refractivity contribution in [3.05, 3.63) is 34.7 Å². The molecule has 5 heteroatoms. The molecule has 5 nitrogen and oxygen atoms in total. The fourth-order valence-electron chi connectivity index (χ4n) is 2.71. The van der Waals surface area contributed by atoms with E-state index >= 15 is 0 Å². The summed E-state index contributed by atoms with van der Waals surface area (Å²) in [6.07, 6.45) is 2.65. The van der Waals surface area contributed by atoms with Crippen LogP contribution in [0, 0.1) is 5.21 Å². The quantitative estimate of drug-likeness (QED) is 0.853. The largest absolute Gasteiger partial charge is 0.785 e. The molecule has 0 atom stereocenters. The maximum absolute atomic E-state index is 11.5. The molecule has 0 spiro atoms. The zero-order chi connectivity index (χ0) is 12.5. The van der Waals surface area contributed by atoms with Gasteiger partial charge in [0.25, 0.3) is 0 Å². The number of pyridine rings is 1. The van der Waals surface area contributed by atoms with Crippen molar-refractivity contribution in [2.45, 2.75) is 13.3 Å². The lowest BCUT2D eigenvalue weighted by atomic mass is 9.91. The molecule has 2 aliphatic heterocycles. The van der Waals surface area contributed by atoms with Crippen LogP contribution in [0.5, 0.6) is 0 Å². The van der Waals surface area contributed by atoms with Crippen LogP contribution in [0.25, 0.3) is 5.57 Å². The molecule has 0 saturated heterocycles. The first kappa shape index (κ1) is 11.6. The van der Waals surface area contributed by atoms with E-state index in [9.17, 15) is 5.21 Å². The molecule has 0 fully saturated rings. The molecule has 0 amide bonds. The Kier molecular flexibility index (Phi) is 3.03. The van der Waals surface area contributed by atoms with Crippen LogP contribution in [0.1, 0.15) is 18.9 Å². The number of aromatic nitrogens is 1. The number of rotatable bonds is 2. The molecule has 0 saturated carbocycles. The molecule has 3 rings (SSSR count). The summed E-state index contributed by atoms with van der Waals surface area (Å²) in [5, 5.41) is 14.7. The van der Waals surface area contributed by atoms with Crippen LogP contribution in [-0.2, 0) is 0 Å². The summed E-state index contributed by atoms with van der Waals surface area (Å²) >= 11 is 0. The van der Waals surface area contributed by atoms with Gasteiger partial charge in [0.15, 0.2) is 5.82 Å². The van der Waals surface area contributed by atoms with Crippen LogP contribution in [0.3, 0.4) is 0 Å². The molecule has 3 heterocycles. The monoisotopic (exact) mass is 245 g/mol. The molecule has 0 radical (unpaired) electrons. The molecular weight excluding hydrogens is 228 g/mol. The third kappa shape index (κ3) is 1.90. The Hall–Kier alpha value is -1.43. The van der Waals surface area contributed by atoms with Crippen LogP contribution < -0.4 is 10.4 Å². The normalized spacial score (nSPS) is 19.8. The molecule has 1 aromatic rings. The maximum atomic E-state index is 11.5. The van der Waals surface area contributed by atoms with Crippen molar-refractivity contribution in [2.75, 3.05) is 31.2 Å². The van der Waals surface area contributed by atoms with E-state index in [1.165, 1.54) is 16.7 Å². The van der Waals surface area contributed by atoms with Crippen molar-refractivity contribution >= 4 is 11.4 Å². The minimum absolute atomic E-state index is 0.519. The molecular formula is C13H17N4O-. The minimum Gasteiger partial charge on any atom is -0.785 e. The van der Waals surface area contributed by atoms with Crippen molar-refractivity contribution in [2.24, 2.45) is 0 Å². The highest BCUT2D eigenvalue weighted by atomic mass is 16.5. The summed E-state index contributed by atoms with van der Waals surface area (Å²) in [4.78, 5) is 4.47. The number of hydroxylamine groups is 2. The van der Waals surface area contributed by atoms with Crippen LogP contribution in [0.15, 0.2) is 23.9 Å². The second-order valence-corrected chi connectivity index (χ2v) is 4.67. The Morgan fingerprint density at radius 1 is 1.44 bits per heavy atom. The number of nitrogens with zero attached hydrogens (tertiary/aromatic N) is 3. The predicted molar refractivity (Wildman–Crippen MR) is 71.7 cm³/mol. The van der Waals surface area contributed by atoms with Gasteiger partial charge in [-0.25, -0.2) is 10.4 Å². The standard InChI is InChI=1S/C13H17N4O/c1-2-15-17-9-10-8-16(18)7-5-11(10)12-4-3-6-14-13(12)17/h3-4,6,15H,2,5,7-9H2,1H3/q-1. The number of fused-ring (bicyclic) bond motifs is 2. The lowest BCUT2D eigenvalue weighted by molar-refractivity contribution is 0.397. The Morgan fingerprint density at radius 2 is 2.33 bits per heavy atom. The average Bonchev–Trinajstić information content (AvgIpc) is 2.39. The highest BCUT2D eigenvalue weighted by molar-refractivity contribution is 5.81. The molecule has 1 N–H and O–H groups in total. The summed E-state index contributed by atoms with van der Waals surface area (Å²) in [6, 6.07) is 4.06. The number of hydrogen-bond donors (Lipinski definition) is 1. The van der Waals surface area contributed by atoms with E-state index in [0.29, 0.717) is 13.1 Å². The van der Waals surface area contributed by atoms with Crippen LogP contribution >= 0.6 is 0 Å². The van der Waals surface area contributed by atoms with Gasteiger partial charge in [0.05, 0.1) is 6.54 Å². The van der Waals surface area contributed by atoms with Gasteiger partial charge in [-0.3, -0.25) is 5.01 Å². The second-order valence-electron chi connectivity index (χ2n) is 4.67. The lowest BCUT2D eigenvalue weighted by Gasteiger charge is -2.41. The number of nitrogens with one attached hydrogen (secondary N) is 1. The summed E-state index contributed by atoms with van der Waals surface area (Å²) < 4.78 is 0. The Labute approximate surface area is 107 Å². The van der Waals surface area contributed by atoms with Gasteiger partial charge in [-0.15, -0.1) is 0 Å². The first-order valence-corrected chi connectivity index (χ1v) is 6.39. The summed E-state index contributed by atoms with van der Waals surface area (Å²) in [5.74, 6) is 0.984. The van der Waals surface area contributed by atoms with E-state index in [2.05, 4.69) is 23.4 Å². The van der Waals surface area contributed by atoms with Gasteiger partial charge in [-0.05, 0) is 36.2 Å². The third-order valence-electron chi connectivity index (χ3n) is 3.47. The molecule has 0 aromatic carbocycles. The number of hydrogen-bond acceptors (Lipinski definition) is 5. The second kappa shape index (κ2) is 4.68. The van der Waals surface area contributed by atoms with E-state index in [-0.39, 0.29) is 0 Å². The van der Waals surface area contributed by atoms with Gasteiger partial charge in [0.2, 0.25) is 0 Å². The lowest BCUT2D eigenvalue weighted by Crippen LogP contribution is -2.45. The van der Waals surface area contributed by atoms with Gasteiger partial charge < -0.3 is 10.3 Å². The average molecular weight is 245 g/mol. The topological polar surface area (TPSA) is 54.5 Å². The Morgan fingerprint density at radius 3 is 3.17 bits per heavy atom. The highest BCUT2D eigenvalue weighted by Crippen LogP contribution is 2.36. The van der Waals surface area contributed by atoms with Crippen LogP contribution in [0.2, 0.25) is 0 Å². The first-order valence-electron chi connectivity index (χ1n) is 6.39. The Bertz CT molecular complexity index is 486. The van der Waals surface area contributed by atoms with E-state index in [4.69, 9.17) is 0 Å². The van der Waals surface area contributed by atoms with E-state index in [0.717, 1.165) is 30.4 Å². The van der Waals surface area contributed by atoms with Gasteiger partial charge in [0, 0.05) is 24.8 Å². The first-order chi connectivity index (χ1) is 8.79. The number of hydrazine groups is 1. The Balaban J connectivity index is 2.03. The fourth-order valence-corrected chi connectivity index (χ4v) is 2.71. The summed E-state index contributed by atoms with van der Waals surface area (Å²) in [5.41, 5.74) is 7.02. The number of anilines is 1. The van der Waals surface area contributed by atoms with E-state index in [1.54, 1.807) is 0 Å². The van der Waals surface area contributed by atoms with Crippen LogP contribution in [0.4, 0.5) is 5.82 Å². The zero-order valence-corrected chi connectivity index (χ0v) is 10.5. The highest BCUT2D eigenvalue weighted by Gasteiger charge is 2.26. The maximum Gasteiger partial charge on any atom is 0.150 e. The molecule has 96 valence electrons. The zero-order valence-electron chi connectivity index (χ0n) is 10.5. The molecule has 2 aliphatic rings. The van der Waals surface area contributed by atoms with Gasteiger partial charge in [-0.1, -0.05) is 6.92 Å². The van der Waals surface area contributed by atoms with Gasteiger partial charge >= 0.3 is 0 Å². The van der Waals surface area contributed by atoms with Crippen molar-refractivity contribution in [1.29, 1.82) is 0 Å². The minimum atomic E-state index is 0.519. The van der Waals surface area contributed by atoms with Crippen molar-refractivity contribution in [3.8, 4) is 0 Å². The van der Waals surface area contributed by atoms with Gasteiger partial charge in [0.1, 0.15) is 0 Å². The molecule has 18 heavy (non-hydrogen) atoms. The van der Waals surface area contributed by atoms with Crippen LogP contribution in [-0.4, -0.2) is 36.2 Å². The summed E-state index contributed by atoms with van der Waals surface area (Å²) in [6.45, 7) is 4.78. The third-order valence-corrected chi connectivity index (χ3v) is 3.47. The molecule has 0 bridgehead atoms. The van der Waals surface area contributed by atoms with Gasteiger partial charge in [-0.2, -0.15) is 0 Å². The van der Waals surface area contributed by atoms with E-state index in [1.807, 2.05) is 17.3 Å². The van der Waals surface area contributed by atoms with E-state index < -0.39 is 0 Å². The SMILES string of the molecule is CCNN1CC2=C(CCN([O-])C2)c2cccnc21. The van der Waals surface area contributed by atoms with Crippen molar-refractivity contribution < 1.29 is 0 Å². The summed E-state index contributed by atoms with van der Waals surface area (Å²) in [7, 11) is 0. The smallest absolute Gasteiger partial charge is 0.150 e. The van der Waals surface area contributed by atoms with Crippen molar-refractivity contribution in [3.63, 3.8) is 0 Å². The molecule has 0 aliphatic carbocycles.